The summed E-state index contributed by atoms with van der Waals surface area (Å²) in [4.78, 5) is 18.2. The number of hydrogen-bond acceptors (Lipinski definition) is 4. The molecule has 1 aromatic heterocycles. The lowest BCUT2D eigenvalue weighted by molar-refractivity contribution is -0.128. The average Bonchev–Trinajstić information content (AvgIpc) is 2.95. The van der Waals surface area contributed by atoms with Crippen LogP contribution in [-0.2, 0) is 11.2 Å². The molecule has 0 bridgehead atoms. The lowest BCUT2D eigenvalue weighted by Gasteiger charge is -2.24. The molecule has 0 N–H and O–H groups in total. The maximum atomic E-state index is 12.2. The van der Waals surface area contributed by atoms with E-state index in [0.717, 1.165) is 24.3 Å². The molecule has 1 aromatic carbocycles. The average molecular weight is 314 g/mol. The van der Waals surface area contributed by atoms with E-state index in [-0.39, 0.29) is 11.3 Å². The monoisotopic (exact) mass is 314 g/mol. The molecule has 4 nitrogen and oxygen atoms in total. The van der Waals surface area contributed by atoms with E-state index < -0.39 is 0 Å². The highest BCUT2D eigenvalue weighted by molar-refractivity contribution is 8.00. The summed E-state index contributed by atoms with van der Waals surface area (Å²) in [6, 6.07) is 11.9. The number of aromatic nitrogens is 1. The number of methoxy groups -OCH3 is 1. The van der Waals surface area contributed by atoms with Crippen LogP contribution in [0.15, 0.2) is 48.8 Å². The quantitative estimate of drug-likeness (QED) is 0.851. The molecule has 2 heterocycles. The van der Waals surface area contributed by atoms with Crippen LogP contribution in [0.3, 0.4) is 0 Å². The van der Waals surface area contributed by atoms with Crippen molar-refractivity contribution in [2.75, 3.05) is 19.4 Å². The highest BCUT2D eigenvalue weighted by Gasteiger charge is 2.32. The molecular weight excluding hydrogens is 296 g/mol. The molecule has 1 saturated heterocycles. The zero-order valence-corrected chi connectivity index (χ0v) is 13.3. The first-order chi connectivity index (χ1) is 10.8. The van der Waals surface area contributed by atoms with Crippen molar-refractivity contribution in [2.45, 2.75) is 11.8 Å². The Morgan fingerprint density at radius 1 is 1.32 bits per heavy atom. The third kappa shape index (κ3) is 3.25. The van der Waals surface area contributed by atoms with Crippen LogP contribution in [0.4, 0.5) is 0 Å². The molecule has 1 aliphatic heterocycles. The van der Waals surface area contributed by atoms with Crippen molar-refractivity contribution in [3.63, 3.8) is 0 Å². The summed E-state index contributed by atoms with van der Waals surface area (Å²) in [6.45, 7) is 0.720. The second-order valence-corrected chi connectivity index (χ2v) is 6.20. The highest BCUT2D eigenvalue weighted by atomic mass is 32.2. The molecule has 5 heteroatoms. The van der Waals surface area contributed by atoms with E-state index in [1.54, 1.807) is 31.3 Å². The second kappa shape index (κ2) is 6.83. The summed E-state index contributed by atoms with van der Waals surface area (Å²) in [5.41, 5.74) is 2.31. The number of hydrogen-bond donors (Lipinski definition) is 0. The maximum Gasteiger partial charge on any atom is 0.233 e. The summed E-state index contributed by atoms with van der Waals surface area (Å²) in [5, 5.41) is 0.0736. The third-order valence-electron chi connectivity index (χ3n) is 3.74. The normalized spacial score (nSPS) is 17.8. The Kier molecular flexibility index (Phi) is 4.63. The smallest absolute Gasteiger partial charge is 0.233 e. The largest absolute Gasteiger partial charge is 0.497 e. The molecule has 1 atom stereocenters. The van der Waals surface area contributed by atoms with Gasteiger partial charge in [0.15, 0.2) is 0 Å². The number of amides is 1. The minimum absolute atomic E-state index is 0.0736. The van der Waals surface area contributed by atoms with E-state index in [9.17, 15) is 4.79 Å². The van der Waals surface area contributed by atoms with Crippen molar-refractivity contribution < 1.29 is 9.53 Å². The van der Waals surface area contributed by atoms with Gasteiger partial charge in [0.05, 0.1) is 12.9 Å². The Bertz CT molecular complexity index is 648. The van der Waals surface area contributed by atoms with Gasteiger partial charge in [-0.15, -0.1) is 11.8 Å². The van der Waals surface area contributed by atoms with Crippen LogP contribution >= 0.6 is 11.8 Å². The molecule has 1 unspecified atom stereocenters. The van der Waals surface area contributed by atoms with E-state index in [2.05, 4.69) is 11.1 Å². The maximum absolute atomic E-state index is 12.2. The van der Waals surface area contributed by atoms with Gasteiger partial charge in [-0.25, -0.2) is 0 Å². The minimum Gasteiger partial charge on any atom is -0.497 e. The first-order valence-corrected chi connectivity index (χ1v) is 8.27. The van der Waals surface area contributed by atoms with Gasteiger partial charge in [-0.3, -0.25) is 9.78 Å². The molecule has 1 aliphatic rings. The van der Waals surface area contributed by atoms with Crippen molar-refractivity contribution in [3.8, 4) is 5.75 Å². The van der Waals surface area contributed by atoms with Gasteiger partial charge in [0.1, 0.15) is 11.1 Å². The van der Waals surface area contributed by atoms with Gasteiger partial charge >= 0.3 is 0 Å². The van der Waals surface area contributed by atoms with Crippen LogP contribution in [-0.4, -0.2) is 35.2 Å². The van der Waals surface area contributed by atoms with Crippen LogP contribution in [0.5, 0.6) is 5.75 Å². The molecule has 0 aliphatic carbocycles. The van der Waals surface area contributed by atoms with Crippen molar-refractivity contribution in [1.29, 1.82) is 0 Å². The fourth-order valence-corrected chi connectivity index (χ4v) is 3.77. The fourth-order valence-electron chi connectivity index (χ4n) is 2.57. The molecule has 0 spiro atoms. The zero-order chi connectivity index (χ0) is 15.4. The number of pyridine rings is 1. The molecule has 3 rings (SSSR count). The van der Waals surface area contributed by atoms with Crippen molar-refractivity contribution in [1.82, 2.24) is 9.88 Å². The first-order valence-electron chi connectivity index (χ1n) is 7.22. The summed E-state index contributed by atoms with van der Waals surface area (Å²) >= 11 is 1.67. The SMILES string of the molecule is COc1cccc(C2SCC(=O)N2CCc2ccncc2)c1. The number of rotatable bonds is 5. The lowest BCUT2D eigenvalue weighted by atomic mass is 10.1. The molecule has 1 fully saturated rings. The Balaban J connectivity index is 1.74. The van der Waals surface area contributed by atoms with Crippen LogP contribution in [0.1, 0.15) is 16.5 Å². The predicted octanol–water partition coefficient (Wildman–Crippen LogP) is 2.91. The van der Waals surface area contributed by atoms with E-state index in [1.807, 2.05) is 35.2 Å². The molecule has 0 saturated carbocycles. The number of thioether (sulfide) groups is 1. The van der Waals surface area contributed by atoms with Gasteiger partial charge in [0.25, 0.3) is 0 Å². The number of carbonyl (C=O) groups excluding carboxylic acids is 1. The fraction of sp³-hybridized carbons (Fsp3) is 0.294. The second-order valence-electron chi connectivity index (χ2n) is 5.13. The van der Waals surface area contributed by atoms with E-state index in [0.29, 0.717) is 5.75 Å². The Morgan fingerprint density at radius 3 is 2.91 bits per heavy atom. The molecular formula is C17H18N2O2S. The van der Waals surface area contributed by atoms with E-state index in [4.69, 9.17) is 4.74 Å². The van der Waals surface area contributed by atoms with Crippen LogP contribution < -0.4 is 4.74 Å². The van der Waals surface area contributed by atoms with Crippen molar-refractivity contribution in [2.24, 2.45) is 0 Å². The number of benzene rings is 1. The van der Waals surface area contributed by atoms with Crippen molar-refractivity contribution >= 4 is 17.7 Å². The summed E-state index contributed by atoms with van der Waals surface area (Å²) in [7, 11) is 1.66. The predicted molar refractivity (Wildman–Crippen MR) is 87.8 cm³/mol. The summed E-state index contributed by atoms with van der Waals surface area (Å²) < 4.78 is 5.29. The van der Waals surface area contributed by atoms with Gasteiger partial charge in [0.2, 0.25) is 5.91 Å². The first kappa shape index (κ1) is 14.9. The Morgan fingerprint density at radius 2 is 2.14 bits per heavy atom. The number of carbonyl (C=O) groups is 1. The molecule has 22 heavy (non-hydrogen) atoms. The molecule has 114 valence electrons. The standard InChI is InChI=1S/C17H18N2O2S/c1-21-15-4-2-3-14(11-15)17-19(16(20)12-22-17)10-7-13-5-8-18-9-6-13/h2-6,8-9,11,17H,7,10,12H2,1H3. The topological polar surface area (TPSA) is 42.4 Å². The Labute approximate surface area is 134 Å². The molecule has 0 radical (unpaired) electrons. The van der Waals surface area contributed by atoms with Crippen LogP contribution in [0.2, 0.25) is 0 Å². The van der Waals surface area contributed by atoms with Gasteiger partial charge in [-0.05, 0) is 41.8 Å². The van der Waals surface area contributed by atoms with Gasteiger partial charge < -0.3 is 9.64 Å². The highest BCUT2D eigenvalue weighted by Crippen LogP contribution is 2.39. The van der Waals surface area contributed by atoms with Crippen LogP contribution in [0, 0.1) is 0 Å². The lowest BCUT2D eigenvalue weighted by Crippen LogP contribution is -2.30. The van der Waals surface area contributed by atoms with Gasteiger partial charge in [-0.2, -0.15) is 0 Å². The van der Waals surface area contributed by atoms with Gasteiger partial charge in [0, 0.05) is 18.9 Å². The molecule has 2 aromatic rings. The number of ether oxygens (including phenoxy) is 1. The van der Waals surface area contributed by atoms with Crippen LogP contribution in [0.25, 0.3) is 0 Å². The molecule has 1 amide bonds. The van der Waals surface area contributed by atoms with Crippen molar-refractivity contribution in [3.05, 3.63) is 59.9 Å². The Hall–Kier alpha value is -2.01. The number of nitrogens with zero attached hydrogens (tertiary/aromatic N) is 2. The third-order valence-corrected chi connectivity index (χ3v) is 4.99. The van der Waals surface area contributed by atoms with E-state index >= 15 is 0 Å². The van der Waals surface area contributed by atoms with E-state index in [1.165, 1.54) is 5.56 Å². The zero-order valence-electron chi connectivity index (χ0n) is 12.4. The van der Waals surface area contributed by atoms with Gasteiger partial charge in [-0.1, -0.05) is 12.1 Å². The minimum atomic E-state index is 0.0736. The summed E-state index contributed by atoms with van der Waals surface area (Å²) in [5.74, 6) is 1.57. The summed E-state index contributed by atoms with van der Waals surface area (Å²) in [6.07, 6.45) is 4.42.